The maximum Gasteiger partial charge on any atom is 0.161 e. The van der Waals surface area contributed by atoms with Gasteiger partial charge in [-0.15, -0.1) is 0 Å². The summed E-state index contributed by atoms with van der Waals surface area (Å²) in [5, 5.41) is 0. The predicted octanol–water partition coefficient (Wildman–Crippen LogP) is 1.30. The highest BCUT2D eigenvalue weighted by atomic mass is 16.6. The molecule has 0 saturated carbocycles. The molecule has 0 bridgehead atoms. The first-order chi connectivity index (χ1) is 8.83. The van der Waals surface area contributed by atoms with E-state index in [-0.39, 0.29) is 6.10 Å². The second-order valence-corrected chi connectivity index (χ2v) is 3.91. The summed E-state index contributed by atoms with van der Waals surface area (Å²) < 4.78 is 21.5. The van der Waals surface area contributed by atoms with E-state index in [0.717, 1.165) is 6.29 Å². The molecule has 1 fully saturated rings. The third-order valence-electron chi connectivity index (χ3n) is 2.63. The number of rotatable bonds is 5. The fourth-order valence-corrected chi connectivity index (χ4v) is 1.69. The van der Waals surface area contributed by atoms with Crippen LogP contribution in [0.4, 0.5) is 0 Å². The second kappa shape index (κ2) is 6.37. The van der Waals surface area contributed by atoms with Crippen molar-refractivity contribution in [3.8, 4) is 11.5 Å². The van der Waals surface area contributed by atoms with Crippen LogP contribution in [0.3, 0.4) is 0 Å². The van der Waals surface area contributed by atoms with E-state index in [4.69, 9.17) is 18.9 Å². The Bertz CT molecular complexity index is 398. The molecule has 1 atom stereocenters. The molecule has 2 rings (SSSR count). The SMILES string of the molecule is COc1cc(C=O)ccc1OC[C@H]1COCCO1. The fraction of sp³-hybridized carbons (Fsp3) is 0.462. The van der Waals surface area contributed by atoms with Gasteiger partial charge in [-0.2, -0.15) is 0 Å². The number of ether oxygens (including phenoxy) is 4. The van der Waals surface area contributed by atoms with E-state index in [1.807, 2.05) is 0 Å². The molecule has 1 aliphatic rings. The van der Waals surface area contributed by atoms with Gasteiger partial charge in [0.2, 0.25) is 0 Å². The van der Waals surface area contributed by atoms with Gasteiger partial charge >= 0.3 is 0 Å². The lowest BCUT2D eigenvalue weighted by molar-refractivity contribution is -0.101. The van der Waals surface area contributed by atoms with Gasteiger partial charge in [-0.3, -0.25) is 4.79 Å². The summed E-state index contributed by atoms with van der Waals surface area (Å²) in [6.45, 7) is 2.16. The molecule has 0 radical (unpaired) electrons. The third-order valence-corrected chi connectivity index (χ3v) is 2.63. The summed E-state index contributed by atoms with van der Waals surface area (Å²) in [6, 6.07) is 5.04. The number of carbonyl (C=O) groups is 1. The van der Waals surface area contributed by atoms with Crippen molar-refractivity contribution in [3.63, 3.8) is 0 Å². The maximum absolute atomic E-state index is 10.7. The van der Waals surface area contributed by atoms with E-state index in [9.17, 15) is 4.79 Å². The summed E-state index contributed by atoms with van der Waals surface area (Å²) in [5.41, 5.74) is 0.552. The summed E-state index contributed by atoms with van der Waals surface area (Å²) >= 11 is 0. The van der Waals surface area contributed by atoms with E-state index in [2.05, 4.69) is 0 Å². The average molecular weight is 252 g/mol. The highest BCUT2D eigenvalue weighted by Gasteiger charge is 2.16. The van der Waals surface area contributed by atoms with Gasteiger partial charge in [0.15, 0.2) is 11.5 Å². The molecular formula is C13H16O5. The molecule has 0 aliphatic carbocycles. The minimum atomic E-state index is -0.0609. The van der Waals surface area contributed by atoms with Crippen LogP contribution in [0.1, 0.15) is 10.4 Å². The largest absolute Gasteiger partial charge is 0.493 e. The Morgan fingerprint density at radius 3 is 2.94 bits per heavy atom. The molecule has 1 heterocycles. The Kier molecular flexibility index (Phi) is 4.55. The zero-order valence-electron chi connectivity index (χ0n) is 10.3. The predicted molar refractivity (Wildman–Crippen MR) is 64.4 cm³/mol. The Labute approximate surface area is 106 Å². The normalized spacial score (nSPS) is 19.3. The monoisotopic (exact) mass is 252 g/mol. The van der Waals surface area contributed by atoms with Crippen molar-refractivity contribution >= 4 is 6.29 Å². The standard InChI is InChI=1S/C13H16O5/c1-15-13-6-10(7-14)2-3-12(13)18-9-11-8-16-4-5-17-11/h2-3,6-7,11H,4-5,8-9H2,1H3/t11-/m1/s1. The molecule has 0 spiro atoms. The molecule has 0 unspecified atom stereocenters. The summed E-state index contributed by atoms with van der Waals surface area (Å²) in [4.78, 5) is 10.7. The molecule has 5 nitrogen and oxygen atoms in total. The second-order valence-electron chi connectivity index (χ2n) is 3.91. The molecule has 1 aromatic rings. The van der Waals surface area contributed by atoms with Gasteiger partial charge in [0, 0.05) is 5.56 Å². The first kappa shape index (κ1) is 12.9. The van der Waals surface area contributed by atoms with E-state index >= 15 is 0 Å². The Balaban J connectivity index is 1.97. The van der Waals surface area contributed by atoms with E-state index < -0.39 is 0 Å². The van der Waals surface area contributed by atoms with Crippen LogP contribution in [0.2, 0.25) is 0 Å². The van der Waals surface area contributed by atoms with Crippen LogP contribution >= 0.6 is 0 Å². The lowest BCUT2D eigenvalue weighted by Crippen LogP contribution is -2.33. The molecule has 0 amide bonds. The molecule has 1 aromatic carbocycles. The topological polar surface area (TPSA) is 54.0 Å². The van der Waals surface area contributed by atoms with Crippen LogP contribution in [0, 0.1) is 0 Å². The Morgan fingerprint density at radius 2 is 2.28 bits per heavy atom. The van der Waals surface area contributed by atoms with Gasteiger partial charge in [0.1, 0.15) is 19.0 Å². The molecule has 18 heavy (non-hydrogen) atoms. The van der Waals surface area contributed by atoms with E-state index in [1.54, 1.807) is 18.2 Å². The summed E-state index contributed by atoms with van der Waals surface area (Å²) in [7, 11) is 1.54. The van der Waals surface area contributed by atoms with E-state index in [0.29, 0.717) is 43.5 Å². The number of aldehydes is 1. The Hall–Kier alpha value is -1.59. The van der Waals surface area contributed by atoms with Crippen molar-refractivity contribution in [1.82, 2.24) is 0 Å². The van der Waals surface area contributed by atoms with Crippen molar-refractivity contribution < 1.29 is 23.7 Å². The van der Waals surface area contributed by atoms with Gasteiger partial charge in [-0.05, 0) is 18.2 Å². The van der Waals surface area contributed by atoms with Crippen molar-refractivity contribution in [3.05, 3.63) is 23.8 Å². The molecule has 0 N–H and O–H groups in total. The van der Waals surface area contributed by atoms with Gasteiger partial charge in [0.05, 0.1) is 26.9 Å². The van der Waals surface area contributed by atoms with Crippen LogP contribution < -0.4 is 9.47 Å². The molecule has 98 valence electrons. The van der Waals surface area contributed by atoms with Crippen LogP contribution in [0.5, 0.6) is 11.5 Å². The van der Waals surface area contributed by atoms with Crippen molar-refractivity contribution in [2.24, 2.45) is 0 Å². The van der Waals surface area contributed by atoms with Crippen LogP contribution in [0.15, 0.2) is 18.2 Å². The van der Waals surface area contributed by atoms with Crippen LogP contribution in [-0.2, 0) is 9.47 Å². The van der Waals surface area contributed by atoms with E-state index in [1.165, 1.54) is 7.11 Å². The van der Waals surface area contributed by atoms with Crippen molar-refractivity contribution in [2.75, 3.05) is 33.5 Å². The molecular weight excluding hydrogens is 236 g/mol. The minimum absolute atomic E-state index is 0.0609. The zero-order chi connectivity index (χ0) is 12.8. The van der Waals surface area contributed by atoms with Gasteiger partial charge in [0.25, 0.3) is 0 Å². The summed E-state index contributed by atoms with van der Waals surface area (Å²) in [5.74, 6) is 1.13. The first-order valence-corrected chi connectivity index (χ1v) is 5.79. The number of hydrogen-bond acceptors (Lipinski definition) is 5. The highest BCUT2D eigenvalue weighted by molar-refractivity contribution is 5.76. The van der Waals surface area contributed by atoms with Gasteiger partial charge in [-0.25, -0.2) is 0 Å². The maximum atomic E-state index is 10.7. The zero-order valence-corrected chi connectivity index (χ0v) is 10.3. The van der Waals surface area contributed by atoms with Gasteiger partial charge in [-0.1, -0.05) is 0 Å². The third kappa shape index (κ3) is 3.21. The highest BCUT2D eigenvalue weighted by Crippen LogP contribution is 2.27. The summed E-state index contributed by atoms with van der Waals surface area (Å²) in [6.07, 6.45) is 0.707. The van der Waals surface area contributed by atoms with Crippen molar-refractivity contribution in [1.29, 1.82) is 0 Å². The lowest BCUT2D eigenvalue weighted by Gasteiger charge is -2.23. The quantitative estimate of drug-likeness (QED) is 0.739. The Morgan fingerprint density at radius 1 is 1.39 bits per heavy atom. The molecule has 0 aromatic heterocycles. The molecule has 1 aliphatic heterocycles. The number of benzene rings is 1. The fourth-order valence-electron chi connectivity index (χ4n) is 1.69. The number of hydrogen-bond donors (Lipinski definition) is 0. The van der Waals surface area contributed by atoms with Crippen molar-refractivity contribution in [2.45, 2.75) is 6.10 Å². The smallest absolute Gasteiger partial charge is 0.161 e. The number of carbonyl (C=O) groups excluding carboxylic acids is 1. The molecule has 1 saturated heterocycles. The average Bonchev–Trinajstić information content (AvgIpc) is 2.46. The van der Waals surface area contributed by atoms with Crippen LogP contribution in [-0.4, -0.2) is 45.9 Å². The van der Waals surface area contributed by atoms with Crippen LogP contribution in [0.25, 0.3) is 0 Å². The first-order valence-electron chi connectivity index (χ1n) is 5.79. The lowest BCUT2D eigenvalue weighted by atomic mass is 10.2. The number of methoxy groups -OCH3 is 1. The molecule has 5 heteroatoms. The van der Waals surface area contributed by atoms with Gasteiger partial charge < -0.3 is 18.9 Å². The minimum Gasteiger partial charge on any atom is -0.493 e.